The van der Waals surface area contributed by atoms with Gasteiger partial charge in [0.05, 0.1) is 12.1 Å². The zero-order valence-electron chi connectivity index (χ0n) is 6.65. The second-order valence-electron chi connectivity index (χ2n) is 2.67. The highest BCUT2D eigenvalue weighted by Crippen LogP contribution is 2.14. The fourth-order valence-corrected chi connectivity index (χ4v) is 0.982. The van der Waals surface area contributed by atoms with Gasteiger partial charge in [-0.2, -0.15) is 0 Å². The molecule has 3 heteroatoms. The third-order valence-corrected chi connectivity index (χ3v) is 1.72. The molecule has 0 radical (unpaired) electrons. The fraction of sp³-hybridized carbons (Fsp3) is 0.333. The van der Waals surface area contributed by atoms with Crippen molar-refractivity contribution in [1.29, 1.82) is 0 Å². The third kappa shape index (κ3) is 2.03. The van der Waals surface area contributed by atoms with Gasteiger partial charge in [-0.05, 0) is 5.56 Å². The molecule has 2 unspecified atom stereocenters. The van der Waals surface area contributed by atoms with Crippen LogP contribution in [0.25, 0.3) is 0 Å². The van der Waals surface area contributed by atoms with Crippen molar-refractivity contribution in [3.63, 3.8) is 0 Å². The Hall–Kier alpha value is -0.930. The van der Waals surface area contributed by atoms with Crippen LogP contribution in [0.3, 0.4) is 0 Å². The highest BCUT2D eigenvalue weighted by atomic mass is 19.1. The Balaban J connectivity index is 2.71. The lowest BCUT2D eigenvalue weighted by molar-refractivity contribution is 0.132. The van der Waals surface area contributed by atoms with Gasteiger partial charge < -0.3 is 10.8 Å². The molecule has 0 fully saturated rings. The van der Waals surface area contributed by atoms with E-state index in [9.17, 15) is 9.50 Å². The quantitative estimate of drug-likeness (QED) is 0.709. The van der Waals surface area contributed by atoms with Gasteiger partial charge in [-0.25, -0.2) is 4.39 Å². The fourth-order valence-electron chi connectivity index (χ4n) is 0.982. The van der Waals surface area contributed by atoms with E-state index in [1.807, 2.05) is 6.07 Å². The van der Waals surface area contributed by atoms with Crippen LogP contribution in [0.5, 0.6) is 0 Å². The lowest BCUT2D eigenvalue weighted by atomic mass is 10.0. The number of rotatable bonds is 3. The Kier molecular flexibility index (Phi) is 3.19. The van der Waals surface area contributed by atoms with Gasteiger partial charge in [0, 0.05) is 0 Å². The van der Waals surface area contributed by atoms with E-state index in [4.69, 9.17) is 5.73 Å². The van der Waals surface area contributed by atoms with E-state index < -0.39 is 18.8 Å². The van der Waals surface area contributed by atoms with Gasteiger partial charge in [0.25, 0.3) is 0 Å². The standard InChI is InChI=1S/C9H12FNO/c10-6-8(11)9(12)7-4-2-1-3-5-7/h1-5,8-9,12H,6,11H2. The molecule has 0 bridgehead atoms. The van der Waals surface area contributed by atoms with Crippen LogP contribution < -0.4 is 5.73 Å². The summed E-state index contributed by atoms with van der Waals surface area (Å²) in [5.41, 5.74) is 5.98. The summed E-state index contributed by atoms with van der Waals surface area (Å²) < 4.78 is 12.0. The Morgan fingerprint density at radius 2 is 1.92 bits per heavy atom. The molecule has 0 saturated carbocycles. The Morgan fingerprint density at radius 1 is 1.33 bits per heavy atom. The summed E-state index contributed by atoms with van der Waals surface area (Å²) in [6.07, 6.45) is -0.906. The zero-order chi connectivity index (χ0) is 8.97. The van der Waals surface area contributed by atoms with E-state index in [0.29, 0.717) is 5.56 Å². The summed E-state index contributed by atoms with van der Waals surface area (Å²) in [7, 11) is 0. The van der Waals surface area contributed by atoms with Gasteiger partial charge in [0.1, 0.15) is 6.67 Å². The summed E-state index contributed by atoms with van der Waals surface area (Å²) in [4.78, 5) is 0. The lowest BCUT2D eigenvalue weighted by Gasteiger charge is -2.15. The normalized spacial score (nSPS) is 15.6. The molecule has 1 aromatic rings. The van der Waals surface area contributed by atoms with Gasteiger partial charge in [0.2, 0.25) is 0 Å². The van der Waals surface area contributed by atoms with E-state index in [-0.39, 0.29) is 0 Å². The first-order valence-corrected chi connectivity index (χ1v) is 3.80. The predicted octanol–water partition coefficient (Wildman–Crippen LogP) is 1.02. The summed E-state index contributed by atoms with van der Waals surface area (Å²) in [5, 5.41) is 9.42. The molecule has 0 spiro atoms. The van der Waals surface area contributed by atoms with E-state index in [2.05, 4.69) is 0 Å². The molecule has 0 heterocycles. The summed E-state index contributed by atoms with van der Waals surface area (Å²) in [5.74, 6) is 0. The van der Waals surface area contributed by atoms with Crippen molar-refractivity contribution in [3.05, 3.63) is 35.9 Å². The minimum atomic E-state index is -0.906. The molecule has 0 aliphatic heterocycles. The molecule has 1 aromatic carbocycles. The van der Waals surface area contributed by atoms with Crippen LogP contribution in [-0.2, 0) is 0 Å². The van der Waals surface area contributed by atoms with Crippen molar-refractivity contribution in [2.75, 3.05) is 6.67 Å². The molecule has 2 atom stereocenters. The minimum Gasteiger partial charge on any atom is -0.387 e. The second-order valence-corrected chi connectivity index (χ2v) is 2.67. The summed E-state index contributed by atoms with van der Waals surface area (Å²) in [6, 6.07) is 8.01. The number of hydrogen-bond donors (Lipinski definition) is 2. The number of aliphatic hydroxyl groups is 1. The summed E-state index contributed by atoms with van der Waals surface area (Å²) >= 11 is 0. The Bertz CT molecular complexity index is 227. The minimum absolute atomic E-state index is 0.655. The zero-order valence-corrected chi connectivity index (χ0v) is 6.65. The van der Waals surface area contributed by atoms with Crippen LogP contribution in [0.15, 0.2) is 30.3 Å². The molecular weight excluding hydrogens is 157 g/mol. The van der Waals surface area contributed by atoms with Gasteiger partial charge in [-0.1, -0.05) is 30.3 Å². The van der Waals surface area contributed by atoms with E-state index >= 15 is 0 Å². The molecule has 12 heavy (non-hydrogen) atoms. The maximum Gasteiger partial charge on any atom is 0.107 e. The molecule has 0 aromatic heterocycles. The first-order chi connectivity index (χ1) is 5.75. The van der Waals surface area contributed by atoms with E-state index in [1.54, 1.807) is 24.3 Å². The van der Waals surface area contributed by atoms with Crippen molar-refractivity contribution in [3.8, 4) is 0 Å². The van der Waals surface area contributed by atoms with Crippen LogP contribution in [0.2, 0.25) is 0 Å². The largest absolute Gasteiger partial charge is 0.387 e. The highest BCUT2D eigenvalue weighted by molar-refractivity contribution is 5.18. The maximum absolute atomic E-state index is 12.0. The highest BCUT2D eigenvalue weighted by Gasteiger charge is 2.15. The molecule has 0 saturated heterocycles. The van der Waals surface area contributed by atoms with Gasteiger partial charge >= 0.3 is 0 Å². The maximum atomic E-state index is 12.0. The van der Waals surface area contributed by atoms with Crippen molar-refractivity contribution in [2.45, 2.75) is 12.1 Å². The molecule has 1 rings (SSSR count). The molecular formula is C9H12FNO. The molecule has 3 N–H and O–H groups in total. The molecule has 0 aliphatic carbocycles. The lowest BCUT2D eigenvalue weighted by Crippen LogP contribution is -2.30. The second kappa shape index (κ2) is 4.18. The van der Waals surface area contributed by atoms with Crippen LogP contribution in [0, 0.1) is 0 Å². The first kappa shape index (κ1) is 9.16. The van der Waals surface area contributed by atoms with Crippen molar-refractivity contribution in [2.24, 2.45) is 5.73 Å². The van der Waals surface area contributed by atoms with Gasteiger partial charge in [0.15, 0.2) is 0 Å². The monoisotopic (exact) mass is 169 g/mol. The van der Waals surface area contributed by atoms with E-state index in [0.717, 1.165) is 0 Å². The molecule has 0 amide bonds. The van der Waals surface area contributed by atoms with Crippen LogP contribution in [0.4, 0.5) is 4.39 Å². The number of aliphatic hydroxyl groups excluding tert-OH is 1. The summed E-state index contributed by atoms with van der Waals surface area (Å²) in [6.45, 7) is -0.712. The third-order valence-electron chi connectivity index (χ3n) is 1.72. The number of nitrogens with two attached hydrogens (primary N) is 1. The SMILES string of the molecule is NC(CF)C(O)c1ccccc1. The van der Waals surface area contributed by atoms with Crippen LogP contribution in [0.1, 0.15) is 11.7 Å². The number of halogens is 1. The van der Waals surface area contributed by atoms with Crippen LogP contribution >= 0.6 is 0 Å². The van der Waals surface area contributed by atoms with Gasteiger partial charge in [-0.3, -0.25) is 0 Å². The van der Waals surface area contributed by atoms with Crippen molar-refractivity contribution >= 4 is 0 Å². The number of alkyl halides is 1. The average Bonchev–Trinajstić information content (AvgIpc) is 2.17. The predicted molar refractivity (Wildman–Crippen MR) is 45.4 cm³/mol. The van der Waals surface area contributed by atoms with Crippen LogP contribution in [-0.4, -0.2) is 17.8 Å². The Morgan fingerprint density at radius 3 is 2.42 bits per heavy atom. The number of benzene rings is 1. The van der Waals surface area contributed by atoms with Crippen molar-refractivity contribution < 1.29 is 9.50 Å². The van der Waals surface area contributed by atoms with Crippen molar-refractivity contribution in [1.82, 2.24) is 0 Å². The number of hydrogen-bond acceptors (Lipinski definition) is 2. The molecule has 0 aliphatic rings. The average molecular weight is 169 g/mol. The first-order valence-electron chi connectivity index (χ1n) is 3.80. The molecule has 2 nitrogen and oxygen atoms in total. The van der Waals surface area contributed by atoms with Gasteiger partial charge in [-0.15, -0.1) is 0 Å². The smallest absolute Gasteiger partial charge is 0.107 e. The topological polar surface area (TPSA) is 46.2 Å². The Labute approximate surface area is 70.8 Å². The van der Waals surface area contributed by atoms with E-state index in [1.165, 1.54) is 0 Å². The molecule has 66 valence electrons.